The van der Waals surface area contributed by atoms with Crippen molar-refractivity contribution in [2.45, 2.75) is 13.5 Å². The van der Waals surface area contributed by atoms with Gasteiger partial charge in [0.05, 0.1) is 6.61 Å². The molecular formula is C14H23N3O. The minimum atomic E-state index is 0.714. The van der Waals surface area contributed by atoms with Gasteiger partial charge in [-0.05, 0) is 20.0 Å². The Kier molecular flexibility index (Phi) is 4.99. The Labute approximate surface area is 109 Å². The number of hydrogen-bond donors (Lipinski definition) is 1. The zero-order chi connectivity index (χ0) is 12.8. The van der Waals surface area contributed by atoms with Crippen molar-refractivity contribution in [3.63, 3.8) is 0 Å². The van der Waals surface area contributed by atoms with Gasteiger partial charge >= 0.3 is 0 Å². The van der Waals surface area contributed by atoms with Gasteiger partial charge in [-0.1, -0.05) is 18.2 Å². The normalized spacial score (nSPS) is 17.9. The van der Waals surface area contributed by atoms with Crippen molar-refractivity contribution in [1.82, 2.24) is 15.3 Å². The lowest BCUT2D eigenvalue weighted by Crippen LogP contribution is -2.50. The zero-order valence-corrected chi connectivity index (χ0v) is 11.4. The highest BCUT2D eigenvalue weighted by molar-refractivity contribution is 5.33. The van der Waals surface area contributed by atoms with Crippen molar-refractivity contribution in [2.24, 2.45) is 0 Å². The fourth-order valence-corrected chi connectivity index (χ4v) is 2.11. The summed E-state index contributed by atoms with van der Waals surface area (Å²) < 4.78 is 5.63. The van der Waals surface area contributed by atoms with Crippen molar-refractivity contribution in [2.75, 3.05) is 39.8 Å². The summed E-state index contributed by atoms with van der Waals surface area (Å²) in [6.07, 6.45) is 0. The number of ether oxygens (including phenoxy) is 1. The van der Waals surface area contributed by atoms with Gasteiger partial charge in [-0.15, -0.1) is 0 Å². The summed E-state index contributed by atoms with van der Waals surface area (Å²) >= 11 is 0. The maximum Gasteiger partial charge on any atom is 0.123 e. The highest BCUT2D eigenvalue weighted by atomic mass is 16.5. The average Bonchev–Trinajstić information content (AvgIpc) is 2.40. The lowest BCUT2D eigenvalue weighted by molar-refractivity contribution is 0.102. The van der Waals surface area contributed by atoms with Gasteiger partial charge in [0.1, 0.15) is 5.75 Å². The number of benzene rings is 1. The van der Waals surface area contributed by atoms with Crippen molar-refractivity contribution in [3.05, 3.63) is 29.8 Å². The maximum atomic E-state index is 5.63. The first-order valence-corrected chi connectivity index (χ1v) is 6.67. The molecule has 0 radical (unpaired) electrons. The van der Waals surface area contributed by atoms with Crippen LogP contribution in [0.1, 0.15) is 12.5 Å². The highest BCUT2D eigenvalue weighted by Gasteiger charge is 2.13. The van der Waals surface area contributed by atoms with E-state index in [2.05, 4.69) is 34.5 Å². The quantitative estimate of drug-likeness (QED) is 0.852. The molecule has 0 aromatic heterocycles. The minimum absolute atomic E-state index is 0.714. The minimum Gasteiger partial charge on any atom is -0.494 e. The molecule has 0 spiro atoms. The molecule has 1 fully saturated rings. The molecule has 1 heterocycles. The molecule has 0 unspecified atom stereocenters. The number of nitrogens with one attached hydrogen (secondary N) is 1. The summed E-state index contributed by atoms with van der Waals surface area (Å²) in [6, 6.07) is 8.23. The SMILES string of the molecule is CCOc1ccccc1CNN1CCN(C)CC1. The molecule has 1 aromatic rings. The van der Waals surface area contributed by atoms with Crippen molar-refractivity contribution in [3.8, 4) is 5.75 Å². The molecule has 4 heteroatoms. The van der Waals surface area contributed by atoms with Crippen LogP contribution in [0.3, 0.4) is 0 Å². The fourth-order valence-electron chi connectivity index (χ4n) is 2.11. The number of para-hydroxylation sites is 1. The Balaban J connectivity index is 1.86. The third-order valence-corrected chi connectivity index (χ3v) is 3.27. The first-order valence-electron chi connectivity index (χ1n) is 6.67. The smallest absolute Gasteiger partial charge is 0.123 e. The van der Waals surface area contributed by atoms with Crippen LogP contribution in [0.2, 0.25) is 0 Å². The van der Waals surface area contributed by atoms with E-state index in [1.165, 1.54) is 5.56 Å². The Morgan fingerprint density at radius 2 is 1.89 bits per heavy atom. The van der Waals surface area contributed by atoms with Crippen molar-refractivity contribution >= 4 is 0 Å². The van der Waals surface area contributed by atoms with Gasteiger partial charge in [0.25, 0.3) is 0 Å². The van der Waals surface area contributed by atoms with Crippen LogP contribution >= 0.6 is 0 Å². The van der Waals surface area contributed by atoms with Gasteiger partial charge in [0, 0.05) is 38.3 Å². The Morgan fingerprint density at radius 1 is 1.17 bits per heavy atom. The molecule has 18 heavy (non-hydrogen) atoms. The summed E-state index contributed by atoms with van der Waals surface area (Å²) in [5, 5.41) is 2.29. The number of piperazine rings is 1. The van der Waals surface area contributed by atoms with Gasteiger partial charge < -0.3 is 9.64 Å². The predicted molar refractivity (Wildman–Crippen MR) is 73.5 cm³/mol. The molecule has 1 N–H and O–H groups in total. The molecule has 1 aliphatic rings. The number of nitrogens with zero attached hydrogens (tertiary/aromatic N) is 2. The van der Waals surface area contributed by atoms with Crippen LogP contribution in [0.4, 0.5) is 0 Å². The van der Waals surface area contributed by atoms with E-state index in [-0.39, 0.29) is 0 Å². The molecular weight excluding hydrogens is 226 g/mol. The van der Waals surface area contributed by atoms with Crippen LogP contribution in [0.25, 0.3) is 0 Å². The van der Waals surface area contributed by atoms with Crippen molar-refractivity contribution in [1.29, 1.82) is 0 Å². The van der Waals surface area contributed by atoms with Gasteiger partial charge in [0.2, 0.25) is 0 Å². The molecule has 0 amide bonds. The second-order valence-electron chi connectivity index (χ2n) is 4.67. The van der Waals surface area contributed by atoms with Crippen molar-refractivity contribution < 1.29 is 4.74 Å². The molecule has 100 valence electrons. The number of likely N-dealkylation sites (N-methyl/N-ethyl adjacent to an activating group) is 1. The van der Waals surface area contributed by atoms with E-state index in [0.29, 0.717) is 6.61 Å². The van der Waals surface area contributed by atoms with Gasteiger partial charge in [-0.25, -0.2) is 5.01 Å². The predicted octanol–water partition coefficient (Wildman–Crippen LogP) is 1.34. The van der Waals surface area contributed by atoms with Crippen LogP contribution in [0.15, 0.2) is 24.3 Å². The third-order valence-electron chi connectivity index (χ3n) is 3.27. The first kappa shape index (κ1) is 13.3. The van der Waals surface area contributed by atoms with Crippen LogP contribution < -0.4 is 10.2 Å². The van der Waals surface area contributed by atoms with Crippen LogP contribution in [-0.4, -0.2) is 49.7 Å². The van der Waals surface area contributed by atoms with E-state index >= 15 is 0 Å². The van der Waals surface area contributed by atoms with E-state index in [1.807, 2.05) is 19.1 Å². The number of hydrogen-bond acceptors (Lipinski definition) is 4. The lowest BCUT2D eigenvalue weighted by Gasteiger charge is -2.32. The number of hydrazine groups is 1. The molecule has 1 saturated heterocycles. The molecule has 0 atom stereocenters. The molecule has 2 rings (SSSR count). The zero-order valence-electron chi connectivity index (χ0n) is 11.4. The standard InChI is InChI=1S/C14H23N3O/c1-3-18-14-7-5-4-6-13(14)12-15-17-10-8-16(2)9-11-17/h4-7,15H,3,8-12H2,1-2H3. The van der Waals surface area contributed by atoms with E-state index in [1.54, 1.807) is 0 Å². The number of rotatable bonds is 5. The monoisotopic (exact) mass is 249 g/mol. The van der Waals surface area contributed by atoms with E-state index in [9.17, 15) is 0 Å². The topological polar surface area (TPSA) is 27.7 Å². The second kappa shape index (κ2) is 6.73. The van der Waals surface area contributed by atoms with E-state index in [0.717, 1.165) is 38.5 Å². The molecule has 0 aliphatic carbocycles. The molecule has 0 bridgehead atoms. The molecule has 1 aromatic carbocycles. The lowest BCUT2D eigenvalue weighted by atomic mass is 10.2. The summed E-state index contributed by atoms with van der Waals surface area (Å²) in [4.78, 5) is 2.35. The fraction of sp³-hybridized carbons (Fsp3) is 0.571. The van der Waals surface area contributed by atoms with Crippen LogP contribution in [0.5, 0.6) is 5.75 Å². The molecule has 4 nitrogen and oxygen atoms in total. The average molecular weight is 249 g/mol. The Bertz CT molecular complexity index is 362. The maximum absolute atomic E-state index is 5.63. The summed E-state index contributed by atoms with van der Waals surface area (Å²) in [6.45, 7) is 7.97. The Hall–Kier alpha value is -1.10. The molecule has 1 aliphatic heterocycles. The van der Waals surface area contributed by atoms with E-state index in [4.69, 9.17) is 4.74 Å². The van der Waals surface area contributed by atoms with Crippen LogP contribution in [-0.2, 0) is 6.54 Å². The summed E-state index contributed by atoms with van der Waals surface area (Å²) in [7, 11) is 2.17. The summed E-state index contributed by atoms with van der Waals surface area (Å²) in [5.41, 5.74) is 4.70. The van der Waals surface area contributed by atoms with Crippen LogP contribution in [0, 0.1) is 0 Å². The largest absolute Gasteiger partial charge is 0.494 e. The van der Waals surface area contributed by atoms with Gasteiger partial charge in [-0.2, -0.15) is 0 Å². The third kappa shape index (κ3) is 3.70. The Morgan fingerprint density at radius 3 is 2.61 bits per heavy atom. The summed E-state index contributed by atoms with van der Waals surface area (Å²) in [5.74, 6) is 0.988. The van der Waals surface area contributed by atoms with E-state index < -0.39 is 0 Å². The second-order valence-corrected chi connectivity index (χ2v) is 4.67. The van der Waals surface area contributed by atoms with Gasteiger partial charge in [-0.3, -0.25) is 5.43 Å². The molecule has 0 saturated carbocycles. The highest BCUT2D eigenvalue weighted by Crippen LogP contribution is 2.17. The van der Waals surface area contributed by atoms with Gasteiger partial charge in [0.15, 0.2) is 0 Å². The first-order chi connectivity index (χ1) is 8.79.